The third kappa shape index (κ3) is 1.68. The molecule has 0 saturated heterocycles. The van der Waals surface area contributed by atoms with E-state index in [0.717, 1.165) is 0 Å². The zero-order chi connectivity index (χ0) is 10.1. The molecule has 2 fully saturated rings. The van der Waals surface area contributed by atoms with Crippen molar-refractivity contribution in [3.63, 3.8) is 0 Å². The maximum atomic E-state index is 11.2. The van der Waals surface area contributed by atoms with Gasteiger partial charge in [0.2, 0.25) is 0 Å². The molecule has 2 rings (SSSR count). The minimum absolute atomic E-state index is 0.351. The van der Waals surface area contributed by atoms with Crippen molar-refractivity contribution < 1.29 is 9.53 Å². The van der Waals surface area contributed by atoms with Crippen molar-refractivity contribution in [1.82, 2.24) is 0 Å². The molecular formula is C11H15ClO2. The molecule has 2 nitrogen and oxygen atoms in total. The number of allylic oxidation sites excluding steroid dienone is 1. The van der Waals surface area contributed by atoms with Gasteiger partial charge in [-0.1, -0.05) is 30.9 Å². The average molecular weight is 215 g/mol. The van der Waals surface area contributed by atoms with Crippen LogP contribution in [-0.4, -0.2) is 13.1 Å². The van der Waals surface area contributed by atoms with E-state index in [2.05, 4.69) is 4.74 Å². The summed E-state index contributed by atoms with van der Waals surface area (Å²) in [5.41, 5.74) is 1.17. The third-order valence-corrected chi connectivity index (χ3v) is 3.70. The summed E-state index contributed by atoms with van der Waals surface area (Å²) in [4.78, 5) is 11.2. The summed E-state index contributed by atoms with van der Waals surface area (Å²) in [6.45, 7) is 0. The van der Waals surface area contributed by atoms with E-state index in [9.17, 15) is 4.79 Å². The highest BCUT2D eigenvalue weighted by molar-refractivity contribution is 6.42. The molecule has 2 saturated carbocycles. The van der Waals surface area contributed by atoms with Crippen molar-refractivity contribution in [1.29, 1.82) is 0 Å². The first kappa shape index (κ1) is 10.0. The van der Waals surface area contributed by atoms with Crippen LogP contribution in [0.2, 0.25) is 0 Å². The van der Waals surface area contributed by atoms with Gasteiger partial charge in [0.25, 0.3) is 0 Å². The van der Waals surface area contributed by atoms with Crippen LogP contribution in [0.1, 0.15) is 32.1 Å². The molecule has 0 radical (unpaired) electrons. The van der Waals surface area contributed by atoms with Crippen LogP contribution >= 0.6 is 11.6 Å². The van der Waals surface area contributed by atoms with E-state index < -0.39 is 0 Å². The van der Waals surface area contributed by atoms with Crippen molar-refractivity contribution in [2.24, 2.45) is 11.8 Å². The van der Waals surface area contributed by atoms with Crippen LogP contribution in [0.15, 0.2) is 10.6 Å². The van der Waals surface area contributed by atoms with Crippen LogP contribution in [-0.2, 0) is 9.53 Å². The number of ether oxygens (including phenoxy) is 1. The Morgan fingerprint density at radius 1 is 1.29 bits per heavy atom. The number of carbonyl (C=O) groups excluding carboxylic acids is 1. The first-order valence-corrected chi connectivity index (χ1v) is 5.61. The fourth-order valence-corrected chi connectivity index (χ4v) is 2.89. The van der Waals surface area contributed by atoms with Crippen LogP contribution in [0.4, 0.5) is 0 Å². The number of esters is 1. The van der Waals surface area contributed by atoms with E-state index in [4.69, 9.17) is 11.6 Å². The third-order valence-electron chi connectivity index (χ3n) is 3.32. The summed E-state index contributed by atoms with van der Waals surface area (Å²) in [6.07, 6.45) is 6.28. The Kier molecular flexibility index (Phi) is 2.82. The smallest absolute Gasteiger partial charge is 0.349 e. The highest BCUT2D eigenvalue weighted by Gasteiger charge is 2.46. The van der Waals surface area contributed by atoms with E-state index >= 15 is 0 Å². The minimum atomic E-state index is -0.366. The molecule has 0 heterocycles. The Bertz CT molecular complexity index is 269. The Labute approximate surface area is 89.3 Å². The maximum absolute atomic E-state index is 11.2. The fourth-order valence-electron chi connectivity index (χ4n) is 2.53. The molecule has 0 spiro atoms. The topological polar surface area (TPSA) is 26.3 Å². The molecular weight excluding hydrogens is 200 g/mol. The van der Waals surface area contributed by atoms with Gasteiger partial charge in [0, 0.05) is 0 Å². The lowest BCUT2D eigenvalue weighted by molar-refractivity contribution is -0.135. The van der Waals surface area contributed by atoms with Crippen molar-refractivity contribution in [2.45, 2.75) is 32.1 Å². The van der Waals surface area contributed by atoms with Gasteiger partial charge in [-0.3, -0.25) is 0 Å². The number of hydrogen-bond donors (Lipinski definition) is 0. The number of rotatable bonds is 1. The summed E-state index contributed by atoms with van der Waals surface area (Å²) in [7, 11) is 1.38. The van der Waals surface area contributed by atoms with E-state index in [-0.39, 0.29) is 5.97 Å². The lowest BCUT2D eigenvalue weighted by Crippen LogP contribution is -2.00. The second kappa shape index (κ2) is 3.93. The maximum Gasteiger partial charge on any atom is 0.349 e. The standard InChI is InChI=1S/C11H15ClO2/c1-14-11(13)10(12)9-7-5-3-2-4-6-8(7)9/h7-8H,2-6H2,1H3. The van der Waals surface area contributed by atoms with Gasteiger partial charge >= 0.3 is 5.97 Å². The monoisotopic (exact) mass is 214 g/mol. The molecule has 14 heavy (non-hydrogen) atoms. The normalized spacial score (nSPS) is 30.3. The highest BCUT2D eigenvalue weighted by atomic mass is 35.5. The van der Waals surface area contributed by atoms with Crippen molar-refractivity contribution >= 4 is 17.6 Å². The molecule has 78 valence electrons. The minimum Gasteiger partial charge on any atom is -0.465 e. The van der Waals surface area contributed by atoms with Gasteiger partial charge in [0.05, 0.1) is 7.11 Å². The van der Waals surface area contributed by atoms with Crippen LogP contribution in [0.3, 0.4) is 0 Å². The molecule has 0 aromatic heterocycles. The molecule has 0 bridgehead atoms. The van der Waals surface area contributed by atoms with Crippen molar-refractivity contribution in [2.75, 3.05) is 7.11 Å². The molecule has 0 amide bonds. The van der Waals surface area contributed by atoms with Crippen LogP contribution in [0, 0.1) is 11.8 Å². The molecule has 0 aromatic rings. The van der Waals surface area contributed by atoms with E-state index in [1.54, 1.807) is 0 Å². The molecule has 2 atom stereocenters. The summed E-state index contributed by atoms with van der Waals surface area (Å²) < 4.78 is 4.62. The number of halogens is 1. The van der Waals surface area contributed by atoms with Gasteiger partial charge in [-0.25, -0.2) is 4.79 Å². The SMILES string of the molecule is COC(=O)C(Cl)=C1C2CCCCCC12. The molecule has 3 heteroatoms. The first-order chi connectivity index (χ1) is 6.75. The summed E-state index contributed by atoms with van der Waals surface area (Å²) in [6, 6.07) is 0. The molecule has 2 unspecified atom stereocenters. The summed E-state index contributed by atoms with van der Waals surface area (Å²) >= 11 is 5.96. The van der Waals surface area contributed by atoms with Gasteiger partial charge in [0.1, 0.15) is 5.03 Å². The van der Waals surface area contributed by atoms with Gasteiger partial charge in [-0.05, 0) is 30.3 Å². The van der Waals surface area contributed by atoms with Crippen LogP contribution in [0.25, 0.3) is 0 Å². The van der Waals surface area contributed by atoms with Crippen LogP contribution in [0.5, 0.6) is 0 Å². The molecule has 0 aromatic carbocycles. The van der Waals surface area contributed by atoms with Crippen LogP contribution < -0.4 is 0 Å². The zero-order valence-electron chi connectivity index (χ0n) is 8.38. The summed E-state index contributed by atoms with van der Waals surface area (Å²) in [5.74, 6) is 0.808. The Hall–Kier alpha value is -0.500. The zero-order valence-corrected chi connectivity index (χ0v) is 9.14. The fraction of sp³-hybridized carbons (Fsp3) is 0.727. The van der Waals surface area contributed by atoms with Gasteiger partial charge in [0.15, 0.2) is 0 Å². The number of fused-ring (bicyclic) bond motifs is 1. The van der Waals surface area contributed by atoms with Gasteiger partial charge in [-0.15, -0.1) is 0 Å². The number of carbonyl (C=O) groups is 1. The molecule has 0 aliphatic heterocycles. The van der Waals surface area contributed by atoms with E-state index in [0.29, 0.717) is 16.9 Å². The molecule has 2 aliphatic carbocycles. The number of methoxy groups -OCH3 is 1. The first-order valence-electron chi connectivity index (χ1n) is 5.23. The lowest BCUT2D eigenvalue weighted by Gasteiger charge is -1.98. The quantitative estimate of drug-likeness (QED) is 0.496. The second-order valence-electron chi connectivity index (χ2n) is 4.11. The molecule has 2 aliphatic rings. The van der Waals surface area contributed by atoms with E-state index in [1.807, 2.05) is 0 Å². The Balaban J connectivity index is 2.10. The highest BCUT2D eigenvalue weighted by Crippen LogP contribution is 2.55. The van der Waals surface area contributed by atoms with Crippen molar-refractivity contribution in [3.8, 4) is 0 Å². The average Bonchev–Trinajstić information content (AvgIpc) is 2.89. The second-order valence-corrected chi connectivity index (χ2v) is 4.49. The Morgan fingerprint density at radius 2 is 1.86 bits per heavy atom. The largest absolute Gasteiger partial charge is 0.465 e. The van der Waals surface area contributed by atoms with Gasteiger partial charge < -0.3 is 4.74 Å². The predicted molar refractivity (Wildman–Crippen MR) is 55.0 cm³/mol. The van der Waals surface area contributed by atoms with E-state index in [1.165, 1.54) is 44.8 Å². The lowest BCUT2D eigenvalue weighted by atomic mass is 10.1. The summed E-state index contributed by atoms with van der Waals surface area (Å²) in [5, 5.41) is 0.351. The molecule has 0 N–H and O–H groups in total. The Morgan fingerprint density at radius 3 is 2.36 bits per heavy atom. The number of hydrogen-bond acceptors (Lipinski definition) is 2. The van der Waals surface area contributed by atoms with Crippen molar-refractivity contribution in [3.05, 3.63) is 10.6 Å². The predicted octanol–water partition coefficient (Wildman–Crippen LogP) is 2.86. The van der Waals surface area contributed by atoms with Gasteiger partial charge in [-0.2, -0.15) is 0 Å².